The van der Waals surface area contributed by atoms with Crippen LogP contribution >= 0.6 is 11.6 Å². The Morgan fingerprint density at radius 1 is 1.14 bits per heavy atom. The molecular formula is C23H27ClF3N5O3. The third-order valence-electron chi connectivity index (χ3n) is 6.20. The van der Waals surface area contributed by atoms with E-state index in [1.54, 1.807) is 10.7 Å². The molecule has 1 saturated heterocycles. The summed E-state index contributed by atoms with van der Waals surface area (Å²) in [5.74, 6) is -0.150. The molecule has 1 fully saturated rings. The molecule has 2 aliphatic rings. The lowest BCUT2D eigenvalue weighted by Crippen LogP contribution is -2.57. The van der Waals surface area contributed by atoms with Crippen molar-refractivity contribution in [2.45, 2.75) is 58.2 Å². The van der Waals surface area contributed by atoms with Gasteiger partial charge in [-0.2, -0.15) is 18.3 Å². The van der Waals surface area contributed by atoms with E-state index in [0.717, 1.165) is 12.1 Å². The molecule has 8 nitrogen and oxygen atoms in total. The highest BCUT2D eigenvalue weighted by Crippen LogP contribution is 2.32. The predicted octanol–water partition coefficient (Wildman–Crippen LogP) is 3.92. The maximum absolute atomic E-state index is 13.2. The van der Waals surface area contributed by atoms with Gasteiger partial charge in [0.15, 0.2) is 5.69 Å². The first-order valence-electron chi connectivity index (χ1n) is 11.4. The molecule has 0 aliphatic carbocycles. The summed E-state index contributed by atoms with van der Waals surface area (Å²) in [4.78, 5) is 29.1. The number of amides is 2. The second-order valence-corrected chi connectivity index (χ2v) is 9.42. The molecule has 190 valence electrons. The first-order valence-corrected chi connectivity index (χ1v) is 11.8. The molecule has 0 saturated carbocycles. The van der Waals surface area contributed by atoms with Crippen molar-refractivity contribution < 1.29 is 27.5 Å². The number of halogens is 4. The molecule has 1 N–H and O–H groups in total. The number of rotatable bonds is 3. The van der Waals surface area contributed by atoms with Crippen LogP contribution in [-0.4, -0.2) is 63.3 Å². The highest BCUT2D eigenvalue weighted by Gasteiger charge is 2.33. The van der Waals surface area contributed by atoms with Crippen LogP contribution in [0.1, 0.15) is 47.6 Å². The van der Waals surface area contributed by atoms with Gasteiger partial charge in [0.1, 0.15) is 6.61 Å². The van der Waals surface area contributed by atoms with Gasteiger partial charge in [0.05, 0.1) is 17.8 Å². The number of carbonyl (C=O) groups excluding carboxylic acids is 2. The zero-order chi connectivity index (χ0) is 25.3. The molecule has 1 aromatic carbocycles. The Labute approximate surface area is 205 Å². The molecule has 4 rings (SSSR count). The fourth-order valence-corrected chi connectivity index (χ4v) is 4.78. The SMILES string of the molecule is C[C@H]1CNC[C@H](C)N1C(=O)c1cc2n(n1)CCCN(C(=O)OCc1cc(Cl)cc(C(F)(F)F)c1)C2. The van der Waals surface area contributed by atoms with Crippen LogP contribution in [0, 0.1) is 0 Å². The second kappa shape index (κ2) is 10.1. The Balaban J connectivity index is 1.43. The van der Waals surface area contributed by atoms with Gasteiger partial charge in [-0.15, -0.1) is 0 Å². The fourth-order valence-electron chi connectivity index (χ4n) is 4.52. The van der Waals surface area contributed by atoms with Crippen LogP contribution < -0.4 is 5.32 Å². The molecule has 2 aliphatic heterocycles. The van der Waals surface area contributed by atoms with Crippen LogP contribution in [0.2, 0.25) is 5.02 Å². The maximum Gasteiger partial charge on any atom is 0.416 e. The molecule has 2 amide bonds. The van der Waals surface area contributed by atoms with Gasteiger partial charge in [0, 0.05) is 43.3 Å². The van der Waals surface area contributed by atoms with Gasteiger partial charge in [-0.3, -0.25) is 9.48 Å². The number of benzene rings is 1. The maximum atomic E-state index is 13.2. The average molecular weight is 514 g/mol. The number of aromatic nitrogens is 2. The van der Waals surface area contributed by atoms with Crippen LogP contribution in [0.3, 0.4) is 0 Å². The standard InChI is InChI=1S/C23H27ClF3N5O3/c1-14-10-28-11-15(2)32(14)21(33)20-9-19-12-30(4-3-5-31(19)29-20)22(34)35-13-16-6-17(23(25,26)27)8-18(24)7-16/h6-9,14-15,28H,3-5,10-13H2,1-2H3/t14-,15-/m0/s1. The Bertz CT molecular complexity index is 1100. The Morgan fingerprint density at radius 3 is 2.54 bits per heavy atom. The van der Waals surface area contributed by atoms with Crippen molar-refractivity contribution in [1.29, 1.82) is 0 Å². The first-order chi connectivity index (χ1) is 16.5. The normalized spacial score (nSPS) is 20.9. The van der Waals surface area contributed by atoms with Gasteiger partial charge in [-0.25, -0.2) is 4.79 Å². The Morgan fingerprint density at radius 2 is 1.86 bits per heavy atom. The number of nitrogens with zero attached hydrogens (tertiary/aromatic N) is 4. The summed E-state index contributed by atoms with van der Waals surface area (Å²) in [7, 11) is 0. The highest BCUT2D eigenvalue weighted by molar-refractivity contribution is 6.30. The van der Waals surface area contributed by atoms with E-state index in [1.807, 2.05) is 18.7 Å². The van der Waals surface area contributed by atoms with E-state index >= 15 is 0 Å². The van der Waals surface area contributed by atoms with Crippen LogP contribution in [0.25, 0.3) is 0 Å². The predicted molar refractivity (Wildman–Crippen MR) is 122 cm³/mol. The number of aryl methyl sites for hydroxylation is 1. The zero-order valence-corrected chi connectivity index (χ0v) is 20.2. The van der Waals surface area contributed by atoms with Crippen molar-refractivity contribution in [3.63, 3.8) is 0 Å². The number of hydrogen-bond donors (Lipinski definition) is 1. The number of ether oxygens (including phenoxy) is 1. The van der Waals surface area contributed by atoms with Crippen molar-refractivity contribution in [2.75, 3.05) is 19.6 Å². The molecule has 0 radical (unpaired) electrons. The Kier molecular flexibility index (Phi) is 7.27. The number of fused-ring (bicyclic) bond motifs is 1. The summed E-state index contributed by atoms with van der Waals surface area (Å²) in [6, 6.07) is 4.82. The summed E-state index contributed by atoms with van der Waals surface area (Å²) in [6.45, 7) is 6.13. The Hall–Kier alpha value is -2.79. The number of nitrogens with one attached hydrogen (secondary N) is 1. The summed E-state index contributed by atoms with van der Waals surface area (Å²) in [5.41, 5.74) is 0.264. The van der Waals surface area contributed by atoms with Gasteiger partial charge in [-0.1, -0.05) is 11.6 Å². The summed E-state index contributed by atoms with van der Waals surface area (Å²) >= 11 is 5.80. The van der Waals surface area contributed by atoms with Gasteiger partial charge < -0.3 is 19.9 Å². The topological polar surface area (TPSA) is 79.7 Å². The number of carbonyl (C=O) groups is 2. The van der Waals surface area contributed by atoms with E-state index in [0.29, 0.717) is 44.0 Å². The summed E-state index contributed by atoms with van der Waals surface area (Å²) in [5, 5.41) is 7.69. The first kappa shape index (κ1) is 25.3. The molecule has 0 unspecified atom stereocenters. The van der Waals surface area contributed by atoms with Crippen LogP contribution in [0.4, 0.5) is 18.0 Å². The molecule has 1 aromatic heterocycles. The third kappa shape index (κ3) is 5.72. The lowest BCUT2D eigenvalue weighted by Gasteiger charge is -2.39. The monoisotopic (exact) mass is 513 g/mol. The van der Waals surface area contributed by atoms with Crippen molar-refractivity contribution >= 4 is 23.6 Å². The second-order valence-electron chi connectivity index (χ2n) is 8.99. The molecule has 35 heavy (non-hydrogen) atoms. The minimum Gasteiger partial charge on any atom is -0.445 e. The van der Waals surface area contributed by atoms with Gasteiger partial charge in [0.25, 0.3) is 5.91 Å². The van der Waals surface area contributed by atoms with Gasteiger partial charge in [0.2, 0.25) is 0 Å². The highest BCUT2D eigenvalue weighted by atomic mass is 35.5. The zero-order valence-electron chi connectivity index (χ0n) is 19.4. The molecule has 2 aromatic rings. The van der Waals surface area contributed by atoms with Crippen molar-refractivity contribution in [3.8, 4) is 0 Å². The summed E-state index contributed by atoms with van der Waals surface area (Å²) in [6.07, 6.45) is -4.62. The molecule has 2 atom stereocenters. The third-order valence-corrected chi connectivity index (χ3v) is 6.42. The van der Waals surface area contributed by atoms with Gasteiger partial charge >= 0.3 is 12.3 Å². The summed E-state index contributed by atoms with van der Waals surface area (Å²) < 4.78 is 46.1. The van der Waals surface area contributed by atoms with E-state index in [4.69, 9.17) is 16.3 Å². The molecule has 0 bridgehead atoms. The minimum atomic E-state index is -4.55. The van der Waals surface area contributed by atoms with Crippen molar-refractivity contribution in [1.82, 2.24) is 24.9 Å². The quantitative estimate of drug-likeness (QED) is 0.673. The van der Waals surface area contributed by atoms with Crippen molar-refractivity contribution in [3.05, 3.63) is 51.8 Å². The molecule has 3 heterocycles. The van der Waals surface area contributed by atoms with E-state index < -0.39 is 17.8 Å². The lowest BCUT2D eigenvalue weighted by molar-refractivity contribution is -0.137. The number of alkyl halides is 3. The van der Waals surface area contributed by atoms with E-state index in [-0.39, 0.29) is 41.7 Å². The van der Waals surface area contributed by atoms with Gasteiger partial charge in [-0.05, 0) is 50.1 Å². The molecular weight excluding hydrogens is 487 g/mol. The lowest BCUT2D eigenvalue weighted by atomic mass is 10.1. The van der Waals surface area contributed by atoms with E-state index in [9.17, 15) is 22.8 Å². The van der Waals surface area contributed by atoms with Crippen molar-refractivity contribution in [2.24, 2.45) is 0 Å². The number of piperazine rings is 1. The smallest absolute Gasteiger partial charge is 0.416 e. The van der Waals surface area contributed by atoms with Crippen LogP contribution in [0.15, 0.2) is 24.3 Å². The van der Waals surface area contributed by atoms with Crippen LogP contribution in [0.5, 0.6) is 0 Å². The minimum absolute atomic E-state index is 0.0311. The largest absolute Gasteiger partial charge is 0.445 e. The van der Waals surface area contributed by atoms with E-state index in [1.165, 1.54) is 11.0 Å². The van der Waals surface area contributed by atoms with Crippen LogP contribution in [-0.2, 0) is 30.6 Å². The number of hydrogen-bond acceptors (Lipinski definition) is 5. The molecule has 0 spiro atoms. The fraction of sp³-hybridized carbons (Fsp3) is 0.522. The van der Waals surface area contributed by atoms with E-state index in [2.05, 4.69) is 10.4 Å². The average Bonchev–Trinajstić information content (AvgIpc) is 3.07. The molecule has 12 heteroatoms.